The Balaban J connectivity index is 0.000000180. The minimum atomic E-state index is 0.866. The second-order valence-electron chi connectivity index (χ2n) is 2.98. The third-order valence-electron chi connectivity index (χ3n) is 1.75. The smallest absolute Gasteiger partial charge is 0.0259 e. The van der Waals surface area contributed by atoms with Gasteiger partial charge in [0.2, 0.25) is 0 Å². The zero-order valence-corrected chi connectivity index (χ0v) is 7.56. The van der Waals surface area contributed by atoms with Crippen LogP contribution in [0.4, 0.5) is 0 Å². The van der Waals surface area contributed by atoms with Crippen molar-refractivity contribution in [2.75, 3.05) is 0 Å². The predicted octanol–water partition coefficient (Wildman–Crippen LogP) is 3.78. The summed E-state index contributed by atoms with van der Waals surface area (Å²) in [6.07, 6.45) is 9.85. The minimum Gasteiger partial charge on any atom is -0.0882 e. The van der Waals surface area contributed by atoms with Crippen molar-refractivity contribution in [2.45, 2.75) is 46.5 Å². The molecular formula is C10H20. The standard InChI is InChI=1S/C6H10.C4H10/c1-6-4-2-3-5-6;1-3-4-2/h2,4,6H,3,5H2,1H3;3-4H2,1-2H3. The lowest BCUT2D eigenvalue weighted by molar-refractivity contribution is 0.701. The van der Waals surface area contributed by atoms with Crippen LogP contribution in [0.15, 0.2) is 12.2 Å². The second-order valence-corrected chi connectivity index (χ2v) is 2.98. The van der Waals surface area contributed by atoms with Gasteiger partial charge in [-0.25, -0.2) is 0 Å². The average Bonchev–Trinajstić information content (AvgIpc) is 2.40. The quantitative estimate of drug-likeness (QED) is 0.486. The van der Waals surface area contributed by atoms with Crippen LogP contribution in [0.25, 0.3) is 0 Å². The molecule has 0 aliphatic heterocycles. The summed E-state index contributed by atoms with van der Waals surface area (Å²) in [7, 11) is 0. The molecule has 0 amide bonds. The Hall–Kier alpha value is -0.260. The van der Waals surface area contributed by atoms with E-state index in [1.165, 1.54) is 25.7 Å². The Morgan fingerprint density at radius 3 is 2.00 bits per heavy atom. The molecule has 0 spiro atoms. The van der Waals surface area contributed by atoms with Gasteiger partial charge in [-0.1, -0.05) is 45.8 Å². The van der Waals surface area contributed by atoms with Gasteiger partial charge in [-0.15, -0.1) is 0 Å². The number of hydrogen-bond donors (Lipinski definition) is 0. The number of rotatable bonds is 1. The van der Waals surface area contributed by atoms with Gasteiger partial charge in [0.05, 0.1) is 0 Å². The molecule has 0 N–H and O–H groups in total. The molecular weight excluding hydrogens is 120 g/mol. The molecule has 1 unspecified atom stereocenters. The molecule has 0 saturated carbocycles. The van der Waals surface area contributed by atoms with Gasteiger partial charge in [-0.3, -0.25) is 0 Å². The lowest BCUT2D eigenvalue weighted by atomic mass is 10.2. The first-order chi connectivity index (χ1) is 4.81. The number of unbranched alkanes of at least 4 members (excludes halogenated alkanes) is 1. The number of hydrogen-bond acceptors (Lipinski definition) is 0. The van der Waals surface area contributed by atoms with Crippen LogP contribution in [-0.4, -0.2) is 0 Å². The highest BCUT2D eigenvalue weighted by molar-refractivity contribution is 4.93. The van der Waals surface area contributed by atoms with Crippen molar-refractivity contribution in [3.63, 3.8) is 0 Å². The summed E-state index contributed by atoms with van der Waals surface area (Å²) in [5.74, 6) is 0.866. The van der Waals surface area contributed by atoms with Crippen LogP contribution in [0.5, 0.6) is 0 Å². The van der Waals surface area contributed by atoms with Gasteiger partial charge in [0.15, 0.2) is 0 Å². The normalized spacial score (nSPS) is 22.1. The molecule has 60 valence electrons. The monoisotopic (exact) mass is 140 g/mol. The molecule has 0 fully saturated rings. The summed E-state index contributed by atoms with van der Waals surface area (Å²) in [6, 6.07) is 0. The largest absolute Gasteiger partial charge is 0.0882 e. The van der Waals surface area contributed by atoms with Gasteiger partial charge in [-0.2, -0.15) is 0 Å². The Kier molecular flexibility index (Phi) is 6.68. The molecule has 0 aromatic heterocycles. The molecule has 0 aromatic carbocycles. The summed E-state index contributed by atoms with van der Waals surface area (Å²) < 4.78 is 0. The van der Waals surface area contributed by atoms with E-state index < -0.39 is 0 Å². The van der Waals surface area contributed by atoms with Crippen molar-refractivity contribution in [1.29, 1.82) is 0 Å². The van der Waals surface area contributed by atoms with Crippen LogP contribution in [0, 0.1) is 5.92 Å². The minimum absolute atomic E-state index is 0.866. The number of allylic oxidation sites excluding steroid dienone is 2. The zero-order chi connectivity index (χ0) is 7.82. The fourth-order valence-corrected chi connectivity index (χ4v) is 0.784. The molecule has 0 bridgehead atoms. The van der Waals surface area contributed by atoms with Crippen molar-refractivity contribution in [3.8, 4) is 0 Å². The first-order valence-electron chi connectivity index (χ1n) is 4.47. The Morgan fingerprint density at radius 2 is 1.90 bits per heavy atom. The fourth-order valence-electron chi connectivity index (χ4n) is 0.784. The van der Waals surface area contributed by atoms with E-state index in [9.17, 15) is 0 Å². The van der Waals surface area contributed by atoms with Crippen LogP contribution in [0.3, 0.4) is 0 Å². The van der Waals surface area contributed by atoms with Gasteiger partial charge in [0.25, 0.3) is 0 Å². The highest BCUT2D eigenvalue weighted by atomic mass is 14.0. The van der Waals surface area contributed by atoms with Gasteiger partial charge in [-0.05, 0) is 18.8 Å². The van der Waals surface area contributed by atoms with E-state index in [4.69, 9.17) is 0 Å². The van der Waals surface area contributed by atoms with Crippen molar-refractivity contribution in [2.24, 2.45) is 5.92 Å². The average molecular weight is 140 g/mol. The maximum Gasteiger partial charge on any atom is -0.0259 e. The van der Waals surface area contributed by atoms with E-state index in [2.05, 4.69) is 32.9 Å². The summed E-state index contributed by atoms with van der Waals surface area (Å²) in [4.78, 5) is 0. The summed E-state index contributed by atoms with van der Waals surface area (Å²) >= 11 is 0. The van der Waals surface area contributed by atoms with Crippen LogP contribution < -0.4 is 0 Å². The molecule has 0 radical (unpaired) electrons. The van der Waals surface area contributed by atoms with Crippen LogP contribution >= 0.6 is 0 Å². The SMILES string of the molecule is CC1C=CCC1.CCCC. The molecule has 1 rings (SSSR count). The van der Waals surface area contributed by atoms with Gasteiger partial charge in [0, 0.05) is 0 Å². The van der Waals surface area contributed by atoms with Crippen LogP contribution in [0.1, 0.15) is 46.5 Å². The zero-order valence-electron chi connectivity index (χ0n) is 7.56. The predicted molar refractivity (Wildman–Crippen MR) is 48.1 cm³/mol. The molecule has 0 heteroatoms. The highest BCUT2D eigenvalue weighted by Gasteiger charge is 1.98. The van der Waals surface area contributed by atoms with E-state index >= 15 is 0 Å². The van der Waals surface area contributed by atoms with E-state index in [0.29, 0.717) is 0 Å². The van der Waals surface area contributed by atoms with Gasteiger partial charge >= 0.3 is 0 Å². The maximum atomic E-state index is 2.28. The van der Waals surface area contributed by atoms with Crippen molar-refractivity contribution in [3.05, 3.63) is 12.2 Å². The maximum absolute atomic E-state index is 2.28. The van der Waals surface area contributed by atoms with Crippen LogP contribution in [-0.2, 0) is 0 Å². The van der Waals surface area contributed by atoms with E-state index in [1.54, 1.807) is 0 Å². The van der Waals surface area contributed by atoms with E-state index in [-0.39, 0.29) is 0 Å². The van der Waals surface area contributed by atoms with Crippen molar-refractivity contribution in [1.82, 2.24) is 0 Å². The molecule has 1 atom stereocenters. The molecule has 0 heterocycles. The summed E-state index contributed by atoms with van der Waals surface area (Å²) in [6.45, 7) is 6.61. The van der Waals surface area contributed by atoms with Gasteiger partial charge in [0.1, 0.15) is 0 Å². The Morgan fingerprint density at radius 1 is 1.30 bits per heavy atom. The lowest BCUT2D eigenvalue weighted by Gasteiger charge is -1.89. The Bertz CT molecular complexity index is 80.0. The molecule has 1 aliphatic rings. The Labute approximate surface area is 65.3 Å². The lowest BCUT2D eigenvalue weighted by Crippen LogP contribution is -1.76. The molecule has 0 nitrogen and oxygen atoms in total. The van der Waals surface area contributed by atoms with E-state index in [0.717, 1.165) is 5.92 Å². The molecule has 0 saturated heterocycles. The van der Waals surface area contributed by atoms with Crippen molar-refractivity contribution < 1.29 is 0 Å². The first kappa shape index (κ1) is 9.74. The van der Waals surface area contributed by atoms with E-state index in [1.807, 2.05) is 0 Å². The van der Waals surface area contributed by atoms with Gasteiger partial charge < -0.3 is 0 Å². The fraction of sp³-hybridized carbons (Fsp3) is 0.800. The summed E-state index contributed by atoms with van der Waals surface area (Å²) in [5, 5.41) is 0. The van der Waals surface area contributed by atoms with Crippen molar-refractivity contribution >= 4 is 0 Å². The topological polar surface area (TPSA) is 0 Å². The second kappa shape index (κ2) is 6.85. The summed E-state index contributed by atoms with van der Waals surface area (Å²) in [5.41, 5.74) is 0. The molecule has 10 heavy (non-hydrogen) atoms. The highest BCUT2D eigenvalue weighted by Crippen LogP contribution is 2.14. The van der Waals surface area contributed by atoms with Crippen LogP contribution in [0.2, 0.25) is 0 Å². The molecule has 1 aliphatic carbocycles. The third-order valence-corrected chi connectivity index (χ3v) is 1.75. The first-order valence-corrected chi connectivity index (χ1v) is 4.47. The molecule has 0 aromatic rings. The third kappa shape index (κ3) is 5.87.